The van der Waals surface area contributed by atoms with Crippen molar-refractivity contribution in [1.29, 1.82) is 0 Å². The molecule has 2 aromatic carbocycles. The van der Waals surface area contributed by atoms with Gasteiger partial charge in [-0.25, -0.2) is 0 Å². The van der Waals surface area contributed by atoms with Crippen molar-refractivity contribution in [3.05, 3.63) is 70.8 Å². The number of carbonyl (C=O) groups is 2. The van der Waals surface area contributed by atoms with E-state index in [0.29, 0.717) is 0 Å². The van der Waals surface area contributed by atoms with Crippen molar-refractivity contribution in [3.8, 4) is 0 Å². The lowest BCUT2D eigenvalue weighted by Crippen LogP contribution is -2.50. The van der Waals surface area contributed by atoms with Gasteiger partial charge >= 0.3 is 11.9 Å². The number of rotatable bonds is 80. The maximum absolute atomic E-state index is 13.8. The van der Waals surface area contributed by atoms with Crippen molar-refractivity contribution in [2.45, 2.75) is 547 Å². The predicted molar refractivity (Wildman–Crippen MR) is 459 cm³/mol. The largest absolute Gasteiger partial charge is 0.460 e. The number of benzene rings is 2. The molecule has 0 saturated carbocycles. The third kappa shape index (κ3) is 47.3. The molecule has 0 heterocycles. The Labute approximate surface area is 654 Å². The maximum atomic E-state index is 13.8. The highest BCUT2D eigenvalue weighted by Crippen LogP contribution is 2.48. The van der Waals surface area contributed by atoms with Crippen LogP contribution in [0.5, 0.6) is 0 Å². The Morgan fingerprint density at radius 3 is 0.590 bits per heavy atom. The van der Waals surface area contributed by atoms with Gasteiger partial charge in [0.1, 0.15) is 19.6 Å². The summed E-state index contributed by atoms with van der Waals surface area (Å²) in [7, 11) is 0. The van der Waals surface area contributed by atoms with Gasteiger partial charge in [-0.1, -0.05) is 515 Å². The molecule has 105 heavy (non-hydrogen) atoms. The lowest BCUT2D eigenvalue weighted by molar-refractivity contribution is -0.156. The van der Waals surface area contributed by atoms with E-state index in [1.165, 1.54) is 360 Å². The minimum atomic E-state index is -0.922. The molecule has 0 radical (unpaired) electrons. The molecule has 2 N–H and O–H groups in total. The highest BCUT2D eigenvalue weighted by atomic mass is 16.6. The van der Waals surface area contributed by atoms with Crippen molar-refractivity contribution >= 4 is 11.9 Å². The van der Waals surface area contributed by atoms with E-state index in [1.54, 1.807) is 0 Å². The van der Waals surface area contributed by atoms with Crippen LogP contribution < -0.4 is 0 Å². The number of hydrogen-bond donors (Lipinski definition) is 2. The molecular formula is C99H180O6. The topological polar surface area (TPSA) is 93.1 Å². The van der Waals surface area contributed by atoms with Gasteiger partial charge in [-0.15, -0.1) is 0 Å². The molecule has 0 spiro atoms. The van der Waals surface area contributed by atoms with Crippen LogP contribution in [0.15, 0.2) is 48.5 Å². The first-order valence-electron chi connectivity index (χ1n) is 47.3. The molecule has 6 heteroatoms. The van der Waals surface area contributed by atoms with E-state index in [9.17, 15) is 19.8 Å². The second-order valence-electron chi connectivity index (χ2n) is 34.5. The van der Waals surface area contributed by atoms with Crippen LogP contribution >= 0.6 is 0 Å². The van der Waals surface area contributed by atoms with Gasteiger partial charge in [0, 0.05) is 10.8 Å². The summed E-state index contributed by atoms with van der Waals surface area (Å²) in [6.45, 7) is 18.2. The van der Waals surface area contributed by atoms with Crippen LogP contribution in [-0.4, -0.2) is 33.4 Å². The summed E-state index contributed by atoms with van der Waals surface area (Å²) in [5.41, 5.74) is 0.884. The normalized spacial score (nSPS) is 13.2. The van der Waals surface area contributed by atoms with Gasteiger partial charge in [-0.3, -0.25) is 9.59 Å². The van der Waals surface area contributed by atoms with E-state index in [4.69, 9.17) is 9.47 Å². The van der Waals surface area contributed by atoms with Crippen LogP contribution in [0.1, 0.15) is 534 Å². The summed E-state index contributed by atoms with van der Waals surface area (Å²) >= 11 is 0. The SMILES string of the molecule is CCCCCCCCCCCCCCCCCCC(O)(CCCCCCCCCCCCCCCCCC)C(C)(CC)c1ccccc1COC(=O)CC(=O)OCc1ccccc1C(C)(CC)C(O)(CCCCCCCCCCCCCCCCCC)CCCCCCCCCCCCCCCCCC. The maximum Gasteiger partial charge on any atom is 0.317 e. The fourth-order valence-electron chi connectivity index (χ4n) is 17.7. The van der Waals surface area contributed by atoms with Crippen LogP contribution in [-0.2, 0) is 43.1 Å². The summed E-state index contributed by atoms with van der Waals surface area (Å²) in [4.78, 5) is 27.6. The van der Waals surface area contributed by atoms with Gasteiger partial charge in [0.2, 0.25) is 0 Å². The van der Waals surface area contributed by atoms with E-state index in [1.807, 2.05) is 24.3 Å². The molecule has 612 valence electrons. The van der Waals surface area contributed by atoms with Gasteiger partial charge in [-0.05, 0) is 60.8 Å². The number of ether oxygens (including phenoxy) is 2. The molecule has 2 aromatic rings. The second-order valence-corrected chi connectivity index (χ2v) is 34.5. The molecule has 6 nitrogen and oxygen atoms in total. The smallest absolute Gasteiger partial charge is 0.317 e. The minimum absolute atomic E-state index is 0.0289. The zero-order valence-corrected chi connectivity index (χ0v) is 71.8. The van der Waals surface area contributed by atoms with Gasteiger partial charge in [0.25, 0.3) is 0 Å². The Morgan fingerprint density at radius 1 is 0.257 bits per heavy atom. The molecule has 0 bridgehead atoms. The highest BCUT2D eigenvalue weighted by molar-refractivity contribution is 5.91. The van der Waals surface area contributed by atoms with E-state index in [2.05, 4.69) is 79.7 Å². The molecule has 0 amide bonds. The van der Waals surface area contributed by atoms with Gasteiger partial charge in [0.15, 0.2) is 0 Å². The molecule has 0 aliphatic heterocycles. The Hall–Kier alpha value is -2.70. The Bertz CT molecular complexity index is 2010. The van der Waals surface area contributed by atoms with E-state index in [0.717, 1.165) is 112 Å². The molecule has 0 aliphatic carbocycles. The molecular weight excluding hydrogens is 1290 g/mol. The average molecular weight is 1470 g/mol. The van der Waals surface area contributed by atoms with Gasteiger partial charge in [0.05, 0.1) is 11.2 Å². The predicted octanol–water partition coefficient (Wildman–Crippen LogP) is 32.3. The number of hydrogen-bond acceptors (Lipinski definition) is 6. The van der Waals surface area contributed by atoms with E-state index in [-0.39, 0.29) is 13.2 Å². The quantitative estimate of drug-likeness (QED) is 0.0389. The van der Waals surface area contributed by atoms with Crippen molar-refractivity contribution in [3.63, 3.8) is 0 Å². The fourth-order valence-corrected chi connectivity index (χ4v) is 17.7. The lowest BCUT2D eigenvalue weighted by Gasteiger charge is -2.47. The Kier molecular flexibility index (Phi) is 63.8. The Morgan fingerprint density at radius 2 is 0.419 bits per heavy atom. The molecule has 0 aliphatic rings. The zero-order valence-electron chi connectivity index (χ0n) is 71.8. The molecule has 0 fully saturated rings. The Balaban J connectivity index is 2.12. The number of esters is 2. The summed E-state index contributed by atoms with van der Waals surface area (Å²) in [6, 6.07) is 16.5. The number of unbranched alkanes of at least 4 members (excludes halogenated alkanes) is 60. The summed E-state index contributed by atoms with van der Waals surface area (Å²) < 4.78 is 12.1. The second kappa shape index (κ2) is 68.1. The minimum Gasteiger partial charge on any atom is -0.460 e. The first kappa shape index (κ1) is 98.4. The molecule has 2 atom stereocenters. The number of aliphatic hydroxyl groups is 2. The van der Waals surface area contributed by atoms with Crippen molar-refractivity contribution < 1.29 is 29.3 Å². The van der Waals surface area contributed by atoms with E-state index < -0.39 is 40.4 Å². The standard InChI is InChI=1S/C99H180O6/c1-9-15-19-23-27-31-35-39-43-47-51-55-59-63-67-75-83-98(102,84-76-68-64-60-56-52-48-44-40-36-32-28-24-20-16-10-2)96(7,13-5)92-81-73-71-79-90(92)88-104-94(100)87-95(101)105-89-91-80-72-74-82-93(91)97(8,14-6)99(103,85-77-69-65-61-57-53-49-45-41-37-33-29-25-21-17-11-3)86-78-70-66-62-58-54-50-46-42-38-34-30-26-22-18-12-4/h71-74,79-82,102-103H,9-70,75-78,83-89H2,1-8H3. The summed E-state index contributed by atoms with van der Waals surface area (Å²) in [5.74, 6) is -1.22. The zero-order chi connectivity index (χ0) is 76.2. The van der Waals surface area contributed by atoms with Gasteiger partial charge in [-0.2, -0.15) is 0 Å². The van der Waals surface area contributed by atoms with Crippen molar-refractivity contribution in [1.82, 2.24) is 0 Å². The summed E-state index contributed by atoms with van der Waals surface area (Å²) in [6.07, 6.45) is 88.9. The van der Waals surface area contributed by atoms with Gasteiger partial charge < -0.3 is 19.7 Å². The van der Waals surface area contributed by atoms with Crippen molar-refractivity contribution in [2.24, 2.45) is 0 Å². The molecule has 0 saturated heterocycles. The average Bonchev–Trinajstić information content (AvgIpc) is 0.768. The van der Waals surface area contributed by atoms with Crippen LogP contribution in [0.2, 0.25) is 0 Å². The third-order valence-corrected chi connectivity index (χ3v) is 25.5. The highest BCUT2D eigenvalue weighted by Gasteiger charge is 2.48. The first-order chi connectivity index (χ1) is 51.3. The van der Waals surface area contributed by atoms with Crippen molar-refractivity contribution in [2.75, 3.05) is 0 Å². The van der Waals surface area contributed by atoms with Crippen LogP contribution in [0, 0.1) is 0 Å². The summed E-state index contributed by atoms with van der Waals surface area (Å²) in [5, 5.41) is 26.6. The van der Waals surface area contributed by atoms with E-state index >= 15 is 0 Å². The van der Waals surface area contributed by atoms with Crippen LogP contribution in [0.25, 0.3) is 0 Å². The molecule has 0 aromatic heterocycles. The van der Waals surface area contributed by atoms with Crippen LogP contribution in [0.3, 0.4) is 0 Å². The monoisotopic (exact) mass is 1470 g/mol. The lowest BCUT2D eigenvalue weighted by atomic mass is 9.62. The molecule has 2 rings (SSSR count). The number of carbonyl (C=O) groups excluding carboxylic acids is 2. The van der Waals surface area contributed by atoms with Crippen LogP contribution in [0.4, 0.5) is 0 Å². The fraction of sp³-hybridized carbons (Fsp3) is 0.859. The molecule has 2 unspecified atom stereocenters. The third-order valence-electron chi connectivity index (χ3n) is 25.5. The first-order valence-corrected chi connectivity index (χ1v) is 47.3.